The Labute approximate surface area is 106 Å². The number of nitrogens with one attached hydrogen (secondary N) is 1. The Morgan fingerprint density at radius 1 is 1.28 bits per heavy atom. The van der Waals surface area contributed by atoms with Gasteiger partial charge in [-0.3, -0.25) is 9.29 Å². The molecule has 0 radical (unpaired) electrons. The minimum atomic E-state index is -0.441. The lowest BCUT2D eigenvalue weighted by Gasteiger charge is -2.35. The van der Waals surface area contributed by atoms with E-state index in [9.17, 15) is 14.6 Å². The number of phenolic OH excluding ortho intramolecular Hbond substituents is 2. The summed E-state index contributed by atoms with van der Waals surface area (Å²) in [5, 5.41) is 22.7. The molecule has 0 spiro atoms. The number of piperazine rings is 1. The maximum atomic E-state index is 12.7. The Morgan fingerprint density at radius 3 is 2.67 bits per heavy atom. The molecule has 0 aliphatic carbocycles. The van der Waals surface area contributed by atoms with Gasteiger partial charge in [-0.2, -0.15) is 0 Å². The van der Waals surface area contributed by atoms with Crippen molar-refractivity contribution in [2.24, 2.45) is 0 Å². The van der Waals surface area contributed by atoms with E-state index in [1.54, 1.807) is 12.1 Å². The molecule has 0 saturated carbocycles. The number of aromatic hydroxyl groups is 2. The van der Waals surface area contributed by atoms with Crippen LogP contribution in [0.4, 0.5) is 4.39 Å². The first kappa shape index (κ1) is 13.1. The van der Waals surface area contributed by atoms with Gasteiger partial charge < -0.3 is 15.5 Å². The summed E-state index contributed by atoms with van der Waals surface area (Å²) in [6.07, 6.45) is 0.330. The lowest BCUT2D eigenvalue weighted by molar-refractivity contribution is 0.154. The number of halogens is 1. The highest BCUT2D eigenvalue weighted by Gasteiger charge is 2.25. The molecule has 18 heavy (non-hydrogen) atoms. The lowest BCUT2D eigenvalue weighted by atomic mass is 10.00. The second-order valence-corrected chi connectivity index (χ2v) is 4.49. The van der Waals surface area contributed by atoms with Crippen molar-refractivity contribution in [3.63, 3.8) is 0 Å². The van der Waals surface area contributed by atoms with E-state index in [1.165, 1.54) is 6.07 Å². The minimum absolute atomic E-state index is 0.130. The van der Waals surface area contributed by atoms with E-state index in [0.717, 1.165) is 26.2 Å². The average molecular weight is 254 g/mol. The molecule has 2 rings (SSSR count). The molecule has 1 aliphatic heterocycles. The number of phenols is 2. The number of rotatable bonds is 4. The van der Waals surface area contributed by atoms with Gasteiger partial charge in [0.1, 0.15) is 0 Å². The van der Waals surface area contributed by atoms with Gasteiger partial charge in [0.05, 0.1) is 6.67 Å². The van der Waals surface area contributed by atoms with Crippen molar-refractivity contribution >= 4 is 0 Å². The molecule has 3 N–H and O–H groups in total. The van der Waals surface area contributed by atoms with Gasteiger partial charge in [0, 0.05) is 37.8 Å². The molecule has 0 unspecified atom stereocenters. The maximum Gasteiger partial charge on any atom is 0.162 e. The zero-order valence-electron chi connectivity index (χ0n) is 10.3. The number of hydrogen-bond donors (Lipinski definition) is 3. The summed E-state index contributed by atoms with van der Waals surface area (Å²) in [5.74, 6) is -0.277. The van der Waals surface area contributed by atoms with E-state index in [-0.39, 0.29) is 17.5 Å². The summed E-state index contributed by atoms with van der Waals surface area (Å²) >= 11 is 0. The molecule has 4 nitrogen and oxygen atoms in total. The summed E-state index contributed by atoms with van der Waals surface area (Å²) < 4.78 is 12.7. The summed E-state index contributed by atoms with van der Waals surface area (Å²) in [6.45, 7) is 2.92. The molecule has 5 heteroatoms. The van der Waals surface area contributed by atoms with Gasteiger partial charge in [0.25, 0.3) is 0 Å². The maximum absolute atomic E-state index is 12.7. The third-order valence-corrected chi connectivity index (χ3v) is 3.38. The van der Waals surface area contributed by atoms with Crippen LogP contribution in [0.2, 0.25) is 0 Å². The molecule has 1 aliphatic rings. The first-order chi connectivity index (χ1) is 8.74. The van der Waals surface area contributed by atoms with Crippen LogP contribution in [-0.2, 0) is 0 Å². The molecule has 1 atom stereocenters. The molecule has 1 aromatic carbocycles. The van der Waals surface area contributed by atoms with Gasteiger partial charge in [-0.05, 0) is 12.5 Å². The summed E-state index contributed by atoms with van der Waals surface area (Å²) in [7, 11) is 0. The minimum Gasteiger partial charge on any atom is -0.504 e. The van der Waals surface area contributed by atoms with Crippen LogP contribution in [0, 0.1) is 0 Å². The van der Waals surface area contributed by atoms with E-state index in [2.05, 4.69) is 10.2 Å². The van der Waals surface area contributed by atoms with Crippen LogP contribution in [0.25, 0.3) is 0 Å². The van der Waals surface area contributed by atoms with Crippen molar-refractivity contribution in [2.75, 3.05) is 32.9 Å². The fourth-order valence-electron chi connectivity index (χ4n) is 2.45. The van der Waals surface area contributed by atoms with Crippen LogP contribution >= 0.6 is 0 Å². The van der Waals surface area contributed by atoms with Gasteiger partial charge in [0.15, 0.2) is 11.5 Å². The third kappa shape index (κ3) is 2.73. The Bertz CT molecular complexity index is 395. The van der Waals surface area contributed by atoms with Crippen molar-refractivity contribution in [3.05, 3.63) is 23.8 Å². The predicted molar refractivity (Wildman–Crippen MR) is 67.5 cm³/mol. The number of para-hydroxylation sites is 1. The predicted octanol–water partition coefficient (Wildman–Crippen LogP) is 1.40. The quantitative estimate of drug-likeness (QED) is 0.711. The number of nitrogens with zero attached hydrogens (tertiary/aromatic N) is 1. The highest BCUT2D eigenvalue weighted by molar-refractivity contribution is 5.46. The van der Waals surface area contributed by atoms with E-state index >= 15 is 0 Å². The van der Waals surface area contributed by atoms with Crippen LogP contribution < -0.4 is 5.32 Å². The third-order valence-electron chi connectivity index (χ3n) is 3.38. The highest BCUT2D eigenvalue weighted by Crippen LogP contribution is 2.36. The Balaban J connectivity index is 2.25. The molecule has 1 heterocycles. The molecular formula is C13H19FN2O2. The second-order valence-electron chi connectivity index (χ2n) is 4.49. The van der Waals surface area contributed by atoms with Crippen LogP contribution in [0.3, 0.4) is 0 Å². The van der Waals surface area contributed by atoms with Crippen LogP contribution in [0.5, 0.6) is 11.5 Å². The lowest BCUT2D eigenvalue weighted by Crippen LogP contribution is -2.45. The SMILES string of the molecule is Oc1cccc([C@@H](CCF)N2CCNCC2)c1O. The molecule has 0 aromatic heterocycles. The molecule has 1 aromatic rings. The van der Waals surface area contributed by atoms with Crippen molar-refractivity contribution in [1.82, 2.24) is 10.2 Å². The molecule has 0 amide bonds. The number of hydrogen-bond acceptors (Lipinski definition) is 4. The van der Waals surface area contributed by atoms with Crippen molar-refractivity contribution in [3.8, 4) is 11.5 Å². The number of alkyl halides is 1. The van der Waals surface area contributed by atoms with Crippen molar-refractivity contribution < 1.29 is 14.6 Å². The van der Waals surface area contributed by atoms with E-state index < -0.39 is 6.67 Å². The fourth-order valence-corrected chi connectivity index (χ4v) is 2.45. The monoisotopic (exact) mass is 254 g/mol. The summed E-state index contributed by atoms with van der Waals surface area (Å²) in [4.78, 5) is 2.14. The van der Waals surface area contributed by atoms with Crippen LogP contribution in [0.1, 0.15) is 18.0 Å². The fraction of sp³-hybridized carbons (Fsp3) is 0.538. The van der Waals surface area contributed by atoms with E-state index in [1.807, 2.05) is 0 Å². The largest absolute Gasteiger partial charge is 0.504 e. The molecular weight excluding hydrogens is 235 g/mol. The van der Waals surface area contributed by atoms with E-state index in [4.69, 9.17) is 0 Å². The average Bonchev–Trinajstić information content (AvgIpc) is 2.41. The van der Waals surface area contributed by atoms with Crippen LogP contribution in [0.15, 0.2) is 18.2 Å². The molecule has 0 bridgehead atoms. The first-order valence-electron chi connectivity index (χ1n) is 6.25. The van der Waals surface area contributed by atoms with Crippen molar-refractivity contribution in [2.45, 2.75) is 12.5 Å². The zero-order chi connectivity index (χ0) is 13.0. The summed E-state index contributed by atoms with van der Waals surface area (Å²) in [5.41, 5.74) is 0.606. The molecule has 1 fully saturated rings. The van der Waals surface area contributed by atoms with Gasteiger partial charge >= 0.3 is 0 Å². The molecule has 1 saturated heterocycles. The summed E-state index contributed by atoms with van der Waals surface area (Å²) in [6, 6.07) is 4.68. The normalized spacial score (nSPS) is 18.7. The van der Waals surface area contributed by atoms with Gasteiger partial charge in [-0.1, -0.05) is 12.1 Å². The van der Waals surface area contributed by atoms with Gasteiger partial charge in [-0.15, -0.1) is 0 Å². The van der Waals surface area contributed by atoms with Gasteiger partial charge in [-0.25, -0.2) is 0 Å². The smallest absolute Gasteiger partial charge is 0.162 e. The first-order valence-corrected chi connectivity index (χ1v) is 6.25. The van der Waals surface area contributed by atoms with Crippen molar-refractivity contribution in [1.29, 1.82) is 0 Å². The Hall–Kier alpha value is -1.33. The molecule has 100 valence electrons. The Morgan fingerprint density at radius 2 is 2.00 bits per heavy atom. The second kappa shape index (κ2) is 6.02. The standard InChI is InChI=1S/C13H19FN2O2/c14-5-4-11(16-8-6-15-7-9-16)10-2-1-3-12(17)13(10)18/h1-3,11,15,17-18H,4-9H2/t11-/m1/s1. The number of benzene rings is 1. The van der Waals surface area contributed by atoms with E-state index in [0.29, 0.717) is 12.0 Å². The zero-order valence-corrected chi connectivity index (χ0v) is 10.3. The highest BCUT2D eigenvalue weighted by atomic mass is 19.1. The topological polar surface area (TPSA) is 55.7 Å². The van der Waals surface area contributed by atoms with Crippen LogP contribution in [-0.4, -0.2) is 48.0 Å². The van der Waals surface area contributed by atoms with Gasteiger partial charge in [0.2, 0.25) is 0 Å². The Kier molecular flexibility index (Phi) is 4.38.